The second kappa shape index (κ2) is 10.8. The number of Topliss-reactive ketones (excluding diaryl/α,β-unsaturated/α-hetero) is 1. The van der Waals surface area contributed by atoms with Gasteiger partial charge >= 0.3 is 0 Å². The van der Waals surface area contributed by atoms with E-state index in [4.69, 9.17) is 14.2 Å². The Labute approximate surface area is 209 Å². The van der Waals surface area contributed by atoms with Crippen LogP contribution in [0.2, 0.25) is 0 Å². The summed E-state index contributed by atoms with van der Waals surface area (Å²) in [5, 5.41) is 11.3. The zero-order valence-corrected chi connectivity index (χ0v) is 20.0. The van der Waals surface area contributed by atoms with E-state index in [1.165, 1.54) is 19.1 Å². The molecule has 1 N–H and O–H groups in total. The Bertz CT molecular complexity index is 1300. The first-order valence-electron chi connectivity index (χ1n) is 11.2. The fraction of sp³-hybridized carbons (Fsp3) is 0.179. The number of nitrogens with zero attached hydrogens (tertiary/aromatic N) is 2. The van der Waals surface area contributed by atoms with Crippen LogP contribution in [0.15, 0.2) is 85.2 Å². The molecule has 0 saturated carbocycles. The van der Waals surface area contributed by atoms with Gasteiger partial charge in [0.25, 0.3) is 11.7 Å². The van der Waals surface area contributed by atoms with Crippen LogP contribution in [0.5, 0.6) is 17.2 Å². The van der Waals surface area contributed by atoms with Crippen LogP contribution in [0.1, 0.15) is 22.7 Å². The molecule has 0 spiro atoms. The summed E-state index contributed by atoms with van der Waals surface area (Å²) in [6, 6.07) is 14.4. The molecule has 0 aliphatic carbocycles. The maximum absolute atomic E-state index is 13.3. The minimum Gasteiger partial charge on any atom is -0.507 e. The standard InChI is InChI=1S/C28H26N2O6/c1-4-14-36-20-9-7-19(8-10-20)26(31)24-25(22-12-11-21(34-2)15-23(22)35-3)30(28(33)27(24)32)17-18-6-5-13-29-16-18/h4-13,15-16,25,31H,1,14,17H2,2-3H3/b26-24-. The molecule has 0 bridgehead atoms. The van der Waals surface area contributed by atoms with Crippen LogP contribution in [-0.4, -0.2) is 47.5 Å². The van der Waals surface area contributed by atoms with Gasteiger partial charge in [-0.15, -0.1) is 0 Å². The van der Waals surface area contributed by atoms with E-state index in [-0.39, 0.29) is 17.9 Å². The molecule has 0 radical (unpaired) electrons. The highest BCUT2D eigenvalue weighted by Gasteiger charge is 2.47. The lowest BCUT2D eigenvalue weighted by atomic mass is 9.94. The van der Waals surface area contributed by atoms with Gasteiger partial charge in [0.05, 0.1) is 25.8 Å². The molecule has 3 aromatic rings. The van der Waals surface area contributed by atoms with Crippen molar-refractivity contribution in [2.45, 2.75) is 12.6 Å². The minimum atomic E-state index is -0.900. The third-order valence-corrected chi connectivity index (χ3v) is 5.85. The second-order valence-electron chi connectivity index (χ2n) is 8.02. The first kappa shape index (κ1) is 24.5. The molecule has 1 aromatic heterocycles. The monoisotopic (exact) mass is 486 g/mol. The number of pyridine rings is 1. The number of carbonyl (C=O) groups excluding carboxylic acids is 2. The molecule has 2 aromatic carbocycles. The number of benzene rings is 2. The fourth-order valence-corrected chi connectivity index (χ4v) is 4.12. The molecule has 2 heterocycles. The lowest BCUT2D eigenvalue weighted by Crippen LogP contribution is -2.29. The van der Waals surface area contributed by atoms with Gasteiger partial charge in [-0.25, -0.2) is 0 Å². The number of ether oxygens (including phenoxy) is 3. The highest BCUT2D eigenvalue weighted by molar-refractivity contribution is 6.46. The Morgan fingerprint density at radius 1 is 1.08 bits per heavy atom. The Morgan fingerprint density at radius 3 is 2.47 bits per heavy atom. The molecule has 1 atom stereocenters. The maximum atomic E-state index is 13.3. The number of likely N-dealkylation sites (tertiary alicyclic amines) is 1. The normalized spacial score (nSPS) is 16.6. The smallest absolute Gasteiger partial charge is 0.295 e. The van der Waals surface area contributed by atoms with Crippen LogP contribution < -0.4 is 14.2 Å². The van der Waals surface area contributed by atoms with Crippen LogP contribution >= 0.6 is 0 Å². The molecule has 184 valence electrons. The van der Waals surface area contributed by atoms with Crippen molar-refractivity contribution in [3.8, 4) is 17.2 Å². The number of aliphatic hydroxyl groups is 1. The number of carbonyl (C=O) groups is 2. The third-order valence-electron chi connectivity index (χ3n) is 5.85. The molecular weight excluding hydrogens is 460 g/mol. The van der Waals surface area contributed by atoms with E-state index in [0.29, 0.717) is 35.0 Å². The van der Waals surface area contributed by atoms with Crippen molar-refractivity contribution in [3.05, 3.63) is 102 Å². The summed E-state index contributed by atoms with van der Waals surface area (Å²) in [5.74, 6) is -0.260. The highest BCUT2D eigenvalue weighted by Crippen LogP contribution is 2.44. The molecule has 8 nitrogen and oxygen atoms in total. The number of aliphatic hydroxyl groups excluding tert-OH is 1. The van der Waals surface area contributed by atoms with Crippen molar-refractivity contribution in [2.24, 2.45) is 0 Å². The van der Waals surface area contributed by atoms with Crippen molar-refractivity contribution in [1.82, 2.24) is 9.88 Å². The van der Waals surface area contributed by atoms with E-state index < -0.39 is 17.7 Å². The van der Waals surface area contributed by atoms with Crippen LogP contribution in [-0.2, 0) is 16.1 Å². The summed E-state index contributed by atoms with van der Waals surface area (Å²) in [4.78, 5) is 32.1. The SMILES string of the molecule is C=CCOc1ccc(/C(O)=C2/C(=O)C(=O)N(Cc3cccnc3)C2c2ccc(OC)cc2OC)cc1. The van der Waals surface area contributed by atoms with E-state index >= 15 is 0 Å². The molecular formula is C28H26N2O6. The highest BCUT2D eigenvalue weighted by atomic mass is 16.5. The van der Waals surface area contributed by atoms with Crippen LogP contribution in [0.4, 0.5) is 0 Å². The zero-order valence-electron chi connectivity index (χ0n) is 20.0. The summed E-state index contributed by atoms with van der Waals surface area (Å²) in [6.45, 7) is 4.07. The predicted octanol–water partition coefficient (Wildman–Crippen LogP) is 4.29. The van der Waals surface area contributed by atoms with Crippen molar-refractivity contribution in [3.63, 3.8) is 0 Å². The third kappa shape index (κ3) is 4.79. The Balaban J connectivity index is 1.85. The Kier molecular flexibility index (Phi) is 7.34. The van der Waals surface area contributed by atoms with Crippen molar-refractivity contribution in [2.75, 3.05) is 20.8 Å². The molecule has 1 saturated heterocycles. The minimum absolute atomic E-state index is 0.0351. The molecule has 1 amide bonds. The molecule has 36 heavy (non-hydrogen) atoms. The lowest BCUT2D eigenvalue weighted by Gasteiger charge is -2.26. The fourth-order valence-electron chi connectivity index (χ4n) is 4.12. The molecule has 1 aliphatic heterocycles. The van der Waals surface area contributed by atoms with E-state index in [0.717, 1.165) is 5.56 Å². The first-order chi connectivity index (χ1) is 17.5. The van der Waals surface area contributed by atoms with Crippen molar-refractivity contribution in [1.29, 1.82) is 0 Å². The Hall–Kier alpha value is -4.59. The molecule has 4 rings (SSSR count). The summed E-state index contributed by atoms with van der Waals surface area (Å²) >= 11 is 0. The molecule has 1 unspecified atom stereocenters. The number of aromatic nitrogens is 1. The van der Waals surface area contributed by atoms with Gasteiger partial charge in [-0.1, -0.05) is 18.7 Å². The van der Waals surface area contributed by atoms with Gasteiger partial charge in [-0.05, 0) is 48.0 Å². The molecule has 1 fully saturated rings. The van der Waals surface area contributed by atoms with Crippen molar-refractivity contribution < 1.29 is 28.9 Å². The topological polar surface area (TPSA) is 98.2 Å². The van der Waals surface area contributed by atoms with E-state index in [1.807, 2.05) is 6.07 Å². The first-order valence-corrected chi connectivity index (χ1v) is 11.2. The van der Waals surface area contributed by atoms with Gasteiger partial charge in [-0.2, -0.15) is 0 Å². The number of amides is 1. The lowest BCUT2D eigenvalue weighted by molar-refractivity contribution is -0.140. The predicted molar refractivity (Wildman–Crippen MR) is 134 cm³/mol. The van der Waals surface area contributed by atoms with E-state index in [9.17, 15) is 14.7 Å². The van der Waals surface area contributed by atoms with Crippen molar-refractivity contribution >= 4 is 17.4 Å². The summed E-state index contributed by atoms with van der Waals surface area (Å²) in [7, 11) is 3.03. The average molecular weight is 487 g/mol. The van der Waals surface area contributed by atoms with Gasteiger partial charge in [0.1, 0.15) is 29.6 Å². The largest absolute Gasteiger partial charge is 0.507 e. The summed E-state index contributed by atoms with van der Waals surface area (Å²) < 4.78 is 16.4. The van der Waals surface area contributed by atoms with Gasteiger partial charge in [-0.3, -0.25) is 14.6 Å². The van der Waals surface area contributed by atoms with E-state index in [1.54, 1.807) is 67.0 Å². The second-order valence-corrected chi connectivity index (χ2v) is 8.02. The summed E-state index contributed by atoms with van der Waals surface area (Å²) in [5.41, 5.74) is 1.61. The Morgan fingerprint density at radius 2 is 1.83 bits per heavy atom. The number of hydrogen-bond acceptors (Lipinski definition) is 7. The van der Waals surface area contributed by atoms with Gasteiger partial charge in [0.15, 0.2) is 0 Å². The van der Waals surface area contributed by atoms with E-state index in [2.05, 4.69) is 11.6 Å². The van der Waals surface area contributed by atoms with Gasteiger partial charge < -0.3 is 24.2 Å². The van der Waals surface area contributed by atoms with Gasteiger partial charge in [0.2, 0.25) is 0 Å². The van der Waals surface area contributed by atoms with Crippen LogP contribution in [0.25, 0.3) is 5.76 Å². The van der Waals surface area contributed by atoms with Gasteiger partial charge in [0, 0.05) is 36.1 Å². The number of hydrogen-bond donors (Lipinski definition) is 1. The van der Waals surface area contributed by atoms with Crippen LogP contribution in [0.3, 0.4) is 0 Å². The average Bonchev–Trinajstić information content (AvgIpc) is 3.16. The zero-order chi connectivity index (χ0) is 25.7. The quantitative estimate of drug-likeness (QED) is 0.209. The maximum Gasteiger partial charge on any atom is 0.295 e. The number of methoxy groups -OCH3 is 2. The number of ketones is 1. The molecule has 1 aliphatic rings. The molecule has 8 heteroatoms. The van der Waals surface area contributed by atoms with Crippen LogP contribution in [0, 0.1) is 0 Å². The number of rotatable bonds is 9. The summed E-state index contributed by atoms with van der Waals surface area (Å²) in [6.07, 6.45) is 4.88.